The van der Waals surface area contributed by atoms with Gasteiger partial charge < -0.3 is 23.7 Å². The largest absolute Gasteiger partial charge is 0.461 e. The van der Waals surface area contributed by atoms with E-state index in [1.165, 1.54) is 0 Å². The molecule has 3 rings (SSSR count). The summed E-state index contributed by atoms with van der Waals surface area (Å²) in [6, 6.07) is 4.01. The minimum atomic E-state index is -0.747. The van der Waals surface area contributed by atoms with Crippen molar-refractivity contribution in [2.45, 2.75) is 53.6 Å². The van der Waals surface area contributed by atoms with Crippen LogP contribution < -0.4 is 9.47 Å². The van der Waals surface area contributed by atoms with E-state index < -0.39 is 12.0 Å². The van der Waals surface area contributed by atoms with Gasteiger partial charge in [0.05, 0.1) is 12.6 Å². The maximum Gasteiger partial charge on any atom is 0.355 e. The van der Waals surface area contributed by atoms with Crippen molar-refractivity contribution in [3.05, 3.63) is 46.3 Å². The van der Waals surface area contributed by atoms with Crippen LogP contribution in [0.3, 0.4) is 0 Å². The molecule has 1 amide bonds. The van der Waals surface area contributed by atoms with Crippen LogP contribution in [0, 0.1) is 13.8 Å². The second kappa shape index (κ2) is 9.06. The zero-order valence-electron chi connectivity index (χ0n) is 19.6. The normalized spacial score (nSPS) is 13.2. The molecule has 2 heterocycles. The summed E-state index contributed by atoms with van der Waals surface area (Å²) in [7, 11) is 1.73. The van der Waals surface area contributed by atoms with Gasteiger partial charge in [-0.2, -0.15) is 0 Å². The zero-order valence-corrected chi connectivity index (χ0v) is 19.6. The molecule has 1 aromatic heterocycles. The van der Waals surface area contributed by atoms with Crippen LogP contribution in [0.25, 0.3) is 0 Å². The molecule has 1 aliphatic heterocycles. The molecular formula is C24H30N2O6. The Morgan fingerprint density at radius 1 is 1.12 bits per heavy atom. The van der Waals surface area contributed by atoms with Crippen LogP contribution in [-0.4, -0.2) is 52.6 Å². The standard InChI is InChI=1S/C24H30N2O6/c1-8-30-24(29)21-14(4)20(15(5)25(21)7)22(27)16(6)26(13(2)3)23(28)17-9-10-18-19(11-17)32-12-31-18/h9-11,13,16H,8,12H2,1-7H3. The Bertz CT molecular complexity index is 1070. The van der Waals surface area contributed by atoms with Crippen LogP contribution in [0.15, 0.2) is 18.2 Å². The minimum absolute atomic E-state index is 0.116. The van der Waals surface area contributed by atoms with Gasteiger partial charge >= 0.3 is 5.97 Å². The van der Waals surface area contributed by atoms with E-state index in [2.05, 4.69) is 0 Å². The second-order valence-corrected chi connectivity index (χ2v) is 8.13. The first-order chi connectivity index (χ1) is 15.1. The molecule has 0 saturated carbocycles. The number of hydrogen-bond acceptors (Lipinski definition) is 6. The first-order valence-corrected chi connectivity index (χ1v) is 10.7. The first-order valence-electron chi connectivity index (χ1n) is 10.7. The number of benzene rings is 1. The lowest BCUT2D eigenvalue weighted by Crippen LogP contribution is -2.47. The smallest absolute Gasteiger partial charge is 0.355 e. The van der Waals surface area contributed by atoms with Crippen molar-refractivity contribution in [3.8, 4) is 11.5 Å². The fourth-order valence-electron chi connectivity index (χ4n) is 4.20. The van der Waals surface area contributed by atoms with Crippen LogP contribution in [0.1, 0.15) is 70.2 Å². The molecule has 2 aromatic rings. The molecule has 8 heteroatoms. The number of nitrogens with zero attached hydrogens (tertiary/aromatic N) is 2. The summed E-state index contributed by atoms with van der Waals surface area (Å²) < 4.78 is 17.5. The number of carbonyl (C=O) groups is 3. The van der Waals surface area contributed by atoms with Crippen LogP contribution in [0.5, 0.6) is 11.5 Å². The number of Topliss-reactive ketones (excluding diaryl/α,β-unsaturated/α-hetero) is 1. The predicted molar refractivity (Wildman–Crippen MR) is 119 cm³/mol. The average molecular weight is 443 g/mol. The van der Waals surface area contributed by atoms with Gasteiger partial charge in [-0.05, 0) is 65.3 Å². The van der Waals surface area contributed by atoms with Crippen molar-refractivity contribution in [2.75, 3.05) is 13.4 Å². The molecule has 172 valence electrons. The summed E-state index contributed by atoms with van der Waals surface area (Å²) in [5.41, 5.74) is 2.41. The summed E-state index contributed by atoms with van der Waals surface area (Å²) in [6.45, 7) is 11.1. The molecule has 1 aliphatic rings. The van der Waals surface area contributed by atoms with Gasteiger partial charge in [-0.25, -0.2) is 4.79 Å². The number of aromatic nitrogens is 1. The summed E-state index contributed by atoms with van der Waals surface area (Å²) in [6.07, 6.45) is 0. The van der Waals surface area contributed by atoms with Crippen molar-refractivity contribution in [2.24, 2.45) is 7.05 Å². The molecule has 1 unspecified atom stereocenters. The third-order valence-electron chi connectivity index (χ3n) is 5.85. The summed E-state index contributed by atoms with van der Waals surface area (Å²) in [4.78, 5) is 41.0. The maximum absolute atomic E-state index is 13.6. The molecule has 0 radical (unpaired) electrons. The first kappa shape index (κ1) is 23.4. The van der Waals surface area contributed by atoms with Crippen molar-refractivity contribution in [1.82, 2.24) is 9.47 Å². The Kier molecular flexibility index (Phi) is 6.62. The van der Waals surface area contributed by atoms with Gasteiger partial charge in [0, 0.05) is 29.9 Å². The highest BCUT2D eigenvalue weighted by atomic mass is 16.7. The average Bonchev–Trinajstić information content (AvgIpc) is 3.29. The van der Waals surface area contributed by atoms with Crippen molar-refractivity contribution in [1.29, 1.82) is 0 Å². The third kappa shape index (κ3) is 3.97. The van der Waals surface area contributed by atoms with Gasteiger partial charge in [0.1, 0.15) is 5.69 Å². The van der Waals surface area contributed by atoms with Crippen LogP contribution in [0.2, 0.25) is 0 Å². The van der Waals surface area contributed by atoms with E-state index in [1.54, 1.807) is 62.4 Å². The van der Waals surface area contributed by atoms with Crippen molar-refractivity contribution in [3.63, 3.8) is 0 Å². The molecule has 1 aromatic carbocycles. The van der Waals surface area contributed by atoms with Crippen LogP contribution >= 0.6 is 0 Å². The molecule has 0 aliphatic carbocycles. The lowest BCUT2D eigenvalue weighted by Gasteiger charge is -2.32. The Labute approximate surface area is 188 Å². The van der Waals surface area contributed by atoms with Gasteiger partial charge in [0.2, 0.25) is 6.79 Å². The maximum atomic E-state index is 13.6. The Morgan fingerprint density at radius 2 is 1.78 bits per heavy atom. The number of ketones is 1. The van der Waals surface area contributed by atoms with Gasteiger partial charge in [-0.3, -0.25) is 9.59 Å². The number of amides is 1. The van der Waals surface area contributed by atoms with Crippen molar-refractivity contribution >= 4 is 17.7 Å². The number of carbonyl (C=O) groups excluding carboxylic acids is 3. The molecule has 8 nitrogen and oxygen atoms in total. The zero-order chi connectivity index (χ0) is 23.7. The van der Waals surface area contributed by atoms with Gasteiger partial charge in [-0.1, -0.05) is 0 Å². The molecule has 0 N–H and O–H groups in total. The predicted octanol–water partition coefficient (Wildman–Crippen LogP) is 3.67. The lowest BCUT2D eigenvalue weighted by molar-refractivity contribution is 0.0513. The van der Waals surface area contributed by atoms with E-state index in [-0.39, 0.29) is 31.1 Å². The molecule has 0 saturated heterocycles. The SMILES string of the molecule is CCOC(=O)c1c(C)c(C(=O)C(C)N(C(=O)c2ccc3c(c2)OCO3)C(C)C)c(C)n1C. The molecule has 0 bridgehead atoms. The third-order valence-corrected chi connectivity index (χ3v) is 5.85. The van der Waals surface area contributed by atoms with Gasteiger partial charge in [-0.15, -0.1) is 0 Å². The fourth-order valence-corrected chi connectivity index (χ4v) is 4.20. The Hall–Kier alpha value is -3.29. The Balaban J connectivity index is 1.96. The molecule has 0 spiro atoms. The van der Waals surface area contributed by atoms with Crippen LogP contribution in [0.4, 0.5) is 0 Å². The topological polar surface area (TPSA) is 87.1 Å². The van der Waals surface area contributed by atoms with E-state index in [0.29, 0.717) is 39.6 Å². The summed E-state index contributed by atoms with van der Waals surface area (Å²) in [5, 5.41) is 0. The number of esters is 1. The van der Waals surface area contributed by atoms with Gasteiger partial charge in [0.25, 0.3) is 5.91 Å². The van der Waals surface area contributed by atoms with Crippen molar-refractivity contribution < 1.29 is 28.6 Å². The summed E-state index contributed by atoms with van der Waals surface area (Å²) >= 11 is 0. The summed E-state index contributed by atoms with van der Waals surface area (Å²) in [5.74, 6) is 0.112. The molecule has 0 fully saturated rings. The quantitative estimate of drug-likeness (QED) is 0.480. The van der Waals surface area contributed by atoms with E-state index >= 15 is 0 Å². The van der Waals surface area contributed by atoms with E-state index in [1.807, 2.05) is 13.8 Å². The minimum Gasteiger partial charge on any atom is -0.461 e. The van der Waals surface area contributed by atoms with E-state index in [4.69, 9.17) is 14.2 Å². The second-order valence-electron chi connectivity index (χ2n) is 8.13. The highest BCUT2D eigenvalue weighted by molar-refractivity contribution is 6.07. The molecule has 1 atom stereocenters. The highest BCUT2D eigenvalue weighted by Crippen LogP contribution is 2.33. The highest BCUT2D eigenvalue weighted by Gasteiger charge is 2.34. The van der Waals surface area contributed by atoms with E-state index in [9.17, 15) is 14.4 Å². The number of fused-ring (bicyclic) bond motifs is 1. The number of hydrogen-bond donors (Lipinski definition) is 0. The fraction of sp³-hybridized carbons (Fsp3) is 0.458. The Morgan fingerprint density at radius 3 is 2.41 bits per heavy atom. The monoisotopic (exact) mass is 442 g/mol. The van der Waals surface area contributed by atoms with Gasteiger partial charge in [0.15, 0.2) is 17.3 Å². The molecule has 32 heavy (non-hydrogen) atoms. The number of ether oxygens (including phenoxy) is 3. The lowest BCUT2D eigenvalue weighted by atomic mass is 9.98. The van der Waals surface area contributed by atoms with Crippen LogP contribution in [-0.2, 0) is 11.8 Å². The van der Waals surface area contributed by atoms with E-state index in [0.717, 1.165) is 0 Å². The molecular weight excluding hydrogens is 412 g/mol. The number of rotatable bonds is 7.